The number of rotatable bonds is 5. The maximum Gasteiger partial charge on any atom is 0.306 e. The highest BCUT2D eigenvalue weighted by Gasteiger charge is 2.08. The van der Waals surface area contributed by atoms with Crippen LogP contribution in [0.25, 0.3) is 5.65 Å². The zero-order valence-electron chi connectivity index (χ0n) is 12.7. The highest BCUT2D eigenvalue weighted by atomic mass is 32.1. The van der Waals surface area contributed by atoms with Gasteiger partial charge < -0.3 is 4.74 Å². The van der Waals surface area contributed by atoms with E-state index in [2.05, 4.69) is 4.98 Å². The molecule has 3 heterocycles. The van der Waals surface area contributed by atoms with Gasteiger partial charge in [0.1, 0.15) is 12.3 Å². The summed E-state index contributed by atoms with van der Waals surface area (Å²) in [6, 6.07) is 10.8. The average molecular weight is 328 g/mol. The predicted octanol–water partition coefficient (Wildman–Crippen LogP) is 2.74. The molecule has 0 radical (unpaired) electrons. The van der Waals surface area contributed by atoms with Crippen molar-refractivity contribution in [2.24, 2.45) is 0 Å². The van der Waals surface area contributed by atoms with Crippen molar-refractivity contribution in [2.45, 2.75) is 26.4 Å². The van der Waals surface area contributed by atoms with Gasteiger partial charge in [-0.1, -0.05) is 12.1 Å². The first-order valence-corrected chi connectivity index (χ1v) is 8.18. The summed E-state index contributed by atoms with van der Waals surface area (Å²) in [6.07, 6.45) is 0.996. The van der Waals surface area contributed by atoms with Crippen molar-refractivity contribution in [3.05, 3.63) is 68.4 Å². The molecule has 0 saturated carbocycles. The Labute approximate surface area is 137 Å². The summed E-state index contributed by atoms with van der Waals surface area (Å²) < 4.78 is 6.75. The van der Waals surface area contributed by atoms with Crippen molar-refractivity contribution >= 4 is 23.0 Å². The topological polar surface area (TPSA) is 60.7 Å². The Morgan fingerprint density at radius 2 is 2.17 bits per heavy atom. The van der Waals surface area contributed by atoms with Gasteiger partial charge in [0.05, 0.1) is 12.1 Å². The number of aryl methyl sites for hydroxylation is 2. The van der Waals surface area contributed by atoms with Crippen LogP contribution in [0.15, 0.2) is 46.6 Å². The summed E-state index contributed by atoms with van der Waals surface area (Å²) in [4.78, 5) is 29.4. The largest absolute Gasteiger partial charge is 0.459 e. The molecule has 0 spiro atoms. The number of hydrogen-bond donors (Lipinski definition) is 0. The third kappa shape index (κ3) is 3.65. The molecule has 3 rings (SSSR count). The van der Waals surface area contributed by atoms with Gasteiger partial charge in [-0.15, -0.1) is 11.3 Å². The van der Waals surface area contributed by atoms with Crippen molar-refractivity contribution in [3.63, 3.8) is 0 Å². The van der Waals surface area contributed by atoms with Crippen LogP contribution in [0.4, 0.5) is 0 Å². The van der Waals surface area contributed by atoms with E-state index in [1.54, 1.807) is 17.4 Å². The molecule has 0 atom stereocenters. The van der Waals surface area contributed by atoms with Gasteiger partial charge in [0.15, 0.2) is 0 Å². The van der Waals surface area contributed by atoms with Gasteiger partial charge in [0, 0.05) is 16.6 Å². The number of hydrogen-bond acceptors (Lipinski definition) is 5. The van der Waals surface area contributed by atoms with Gasteiger partial charge in [-0.05, 0) is 36.9 Å². The van der Waals surface area contributed by atoms with Crippen LogP contribution < -0.4 is 5.56 Å². The zero-order chi connectivity index (χ0) is 16.2. The first-order valence-electron chi connectivity index (χ1n) is 7.30. The Bertz CT molecular complexity index is 884. The second kappa shape index (κ2) is 6.75. The molecule has 23 heavy (non-hydrogen) atoms. The quantitative estimate of drug-likeness (QED) is 0.676. The summed E-state index contributed by atoms with van der Waals surface area (Å²) in [5.74, 6) is -0.287. The van der Waals surface area contributed by atoms with Crippen LogP contribution in [-0.4, -0.2) is 15.4 Å². The van der Waals surface area contributed by atoms with Crippen molar-refractivity contribution < 1.29 is 9.53 Å². The Balaban J connectivity index is 1.65. The summed E-state index contributed by atoms with van der Waals surface area (Å²) in [7, 11) is 0. The van der Waals surface area contributed by atoms with Crippen LogP contribution in [0.3, 0.4) is 0 Å². The molecule has 0 aliphatic carbocycles. The molecule has 3 aromatic heterocycles. The SMILES string of the molecule is Cc1cccc2nc(COC(=O)CCc3cccs3)cc(=O)n12. The highest BCUT2D eigenvalue weighted by Crippen LogP contribution is 2.11. The Morgan fingerprint density at radius 3 is 2.96 bits per heavy atom. The molecule has 0 aliphatic rings. The summed E-state index contributed by atoms with van der Waals surface area (Å²) >= 11 is 1.62. The van der Waals surface area contributed by atoms with Gasteiger partial charge in [-0.3, -0.25) is 14.0 Å². The molecule has 0 aromatic carbocycles. The number of carbonyl (C=O) groups is 1. The van der Waals surface area contributed by atoms with Crippen LogP contribution in [0.2, 0.25) is 0 Å². The number of pyridine rings is 1. The minimum atomic E-state index is -0.287. The van der Waals surface area contributed by atoms with Crippen molar-refractivity contribution in [3.8, 4) is 0 Å². The lowest BCUT2D eigenvalue weighted by Gasteiger charge is -2.07. The summed E-state index contributed by atoms with van der Waals surface area (Å²) in [6.45, 7) is 1.86. The molecule has 0 aliphatic heterocycles. The van der Waals surface area contributed by atoms with Gasteiger partial charge in [0.25, 0.3) is 5.56 Å². The van der Waals surface area contributed by atoms with E-state index in [4.69, 9.17) is 4.74 Å². The molecule has 0 unspecified atom stereocenters. The second-order valence-electron chi connectivity index (χ2n) is 5.19. The molecule has 118 valence electrons. The fourth-order valence-corrected chi connectivity index (χ4v) is 3.05. The van der Waals surface area contributed by atoms with Crippen LogP contribution in [0, 0.1) is 6.92 Å². The second-order valence-corrected chi connectivity index (χ2v) is 6.22. The minimum Gasteiger partial charge on any atom is -0.459 e. The van der Waals surface area contributed by atoms with Crippen LogP contribution in [0.1, 0.15) is 22.7 Å². The maximum atomic E-state index is 12.1. The number of fused-ring (bicyclic) bond motifs is 1. The lowest BCUT2D eigenvalue weighted by atomic mass is 10.3. The van der Waals surface area contributed by atoms with Crippen molar-refractivity contribution in [1.82, 2.24) is 9.38 Å². The molecule has 3 aromatic rings. The number of esters is 1. The fraction of sp³-hybridized carbons (Fsp3) is 0.235. The lowest BCUT2D eigenvalue weighted by molar-refractivity contribution is -0.145. The Kier molecular flexibility index (Phi) is 4.52. The van der Waals surface area contributed by atoms with Gasteiger partial charge in [-0.2, -0.15) is 0 Å². The van der Waals surface area contributed by atoms with E-state index in [0.29, 0.717) is 24.2 Å². The first-order chi connectivity index (χ1) is 11.1. The first kappa shape index (κ1) is 15.4. The normalized spacial score (nSPS) is 10.8. The highest BCUT2D eigenvalue weighted by molar-refractivity contribution is 7.09. The average Bonchev–Trinajstić information content (AvgIpc) is 3.04. The van der Waals surface area contributed by atoms with Crippen molar-refractivity contribution in [2.75, 3.05) is 0 Å². The zero-order valence-corrected chi connectivity index (χ0v) is 13.5. The van der Waals surface area contributed by atoms with E-state index in [9.17, 15) is 9.59 Å². The monoisotopic (exact) mass is 328 g/mol. The minimum absolute atomic E-state index is 0.0168. The summed E-state index contributed by atoms with van der Waals surface area (Å²) in [5, 5.41) is 1.98. The van der Waals surface area contributed by atoms with E-state index in [1.165, 1.54) is 10.5 Å². The smallest absolute Gasteiger partial charge is 0.306 e. The maximum absolute atomic E-state index is 12.1. The standard InChI is InChI=1S/C17H16N2O3S/c1-12-4-2-6-15-18-13(10-16(20)19(12)15)11-22-17(21)8-7-14-5-3-9-23-14/h2-6,9-10H,7-8,11H2,1H3. The van der Waals surface area contributed by atoms with Crippen LogP contribution >= 0.6 is 11.3 Å². The van der Waals surface area contributed by atoms with E-state index >= 15 is 0 Å². The molecule has 0 saturated heterocycles. The van der Waals surface area contributed by atoms with Gasteiger partial charge >= 0.3 is 5.97 Å². The number of nitrogens with zero attached hydrogens (tertiary/aromatic N) is 2. The molecular formula is C17H16N2O3S. The molecule has 0 N–H and O–H groups in total. The molecule has 5 nitrogen and oxygen atoms in total. The Morgan fingerprint density at radius 1 is 1.30 bits per heavy atom. The molecule has 0 fully saturated rings. The molecule has 0 amide bonds. The van der Waals surface area contributed by atoms with E-state index < -0.39 is 0 Å². The number of ether oxygens (including phenoxy) is 1. The number of carbonyl (C=O) groups excluding carboxylic acids is 1. The molecular weight excluding hydrogens is 312 g/mol. The van der Waals surface area contributed by atoms with Crippen LogP contribution in [0.5, 0.6) is 0 Å². The predicted molar refractivity (Wildman–Crippen MR) is 88.6 cm³/mol. The van der Waals surface area contributed by atoms with E-state index in [-0.39, 0.29) is 18.1 Å². The summed E-state index contributed by atoms with van der Waals surface area (Å²) in [5.41, 5.74) is 1.67. The number of aromatic nitrogens is 2. The Hall–Kier alpha value is -2.47. The lowest BCUT2D eigenvalue weighted by Crippen LogP contribution is -2.18. The molecule has 0 bridgehead atoms. The van der Waals surface area contributed by atoms with E-state index in [1.807, 2.05) is 36.6 Å². The van der Waals surface area contributed by atoms with Gasteiger partial charge in [-0.25, -0.2) is 4.98 Å². The van der Waals surface area contributed by atoms with Crippen molar-refractivity contribution in [1.29, 1.82) is 0 Å². The number of thiophene rings is 1. The molecule has 6 heteroatoms. The van der Waals surface area contributed by atoms with Gasteiger partial charge in [0.2, 0.25) is 0 Å². The third-order valence-corrected chi connectivity index (χ3v) is 4.41. The fourth-order valence-electron chi connectivity index (χ4n) is 2.34. The van der Waals surface area contributed by atoms with Crippen LogP contribution in [-0.2, 0) is 22.6 Å². The third-order valence-electron chi connectivity index (χ3n) is 3.47. The van der Waals surface area contributed by atoms with E-state index in [0.717, 1.165) is 10.6 Å².